The molecule has 0 spiro atoms. The first-order chi connectivity index (χ1) is 13.2. The summed E-state index contributed by atoms with van der Waals surface area (Å²) in [5.74, 6) is -2.62. The monoisotopic (exact) mass is 394 g/mol. The van der Waals surface area contributed by atoms with E-state index in [1.807, 2.05) is 0 Å². The van der Waals surface area contributed by atoms with Crippen molar-refractivity contribution < 1.29 is 24.3 Å². The second-order valence-corrected chi connectivity index (χ2v) is 6.89. The van der Waals surface area contributed by atoms with Crippen LogP contribution in [0.2, 0.25) is 0 Å². The molecule has 11 heteroatoms. The maximum Gasteiger partial charge on any atom is 0.326 e. The standard InChI is InChI=1S/C17H26N6O5/c1-9(18)14(24)22-12(6-11-7-19-8-20-11)15(25)21-10(2)16(26)23-5-3-4-13(23)17(27)28/h7-10,12-13H,3-6,18H2,1-2H3,(H,19,20)(H,21,25)(H,22,24)(H,27,28). The first-order valence-electron chi connectivity index (χ1n) is 9.07. The fourth-order valence-corrected chi connectivity index (χ4v) is 3.04. The smallest absolute Gasteiger partial charge is 0.326 e. The van der Waals surface area contributed by atoms with Gasteiger partial charge in [-0.2, -0.15) is 0 Å². The normalized spacial score (nSPS) is 19.5. The van der Waals surface area contributed by atoms with Gasteiger partial charge in [-0.1, -0.05) is 0 Å². The molecule has 0 saturated carbocycles. The number of amides is 3. The molecule has 4 atom stereocenters. The van der Waals surface area contributed by atoms with E-state index in [4.69, 9.17) is 5.73 Å². The van der Waals surface area contributed by atoms with E-state index in [0.717, 1.165) is 0 Å². The zero-order valence-electron chi connectivity index (χ0n) is 15.8. The highest BCUT2D eigenvalue weighted by Crippen LogP contribution is 2.18. The Labute approximate surface area is 162 Å². The van der Waals surface area contributed by atoms with Gasteiger partial charge in [0.25, 0.3) is 0 Å². The molecule has 2 rings (SSSR count). The lowest BCUT2D eigenvalue weighted by Crippen LogP contribution is -2.56. The first kappa shape index (κ1) is 21.4. The van der Waals surface area contributed by atoms with Crippen LogP contribution >= 0.6 is 0 Å². The summed E-state index contributed by atoms with van der Waals surface area (Å²) in [6, 6.07) is -3.60. The Hall–Kier alpha value is -2.95. The topological polar surface area (TPSA) is 171 Å². The molecule has 3 amide bonds. The molecule has 154 valence electrons. The minimum atomic E-state index is -1.06. The lowest BCUT2D eigenvalue weighted by atomic mass is 10.1. The zero-order valence-corrected chi connectivity index (χ0v) is 15.8. The number of likely N-dealkylation sites (tertiary alicyclic amines) is 1. The van der Waals surface area contributed by atoms with E-state index in [0.29, 0.717) is 25.1 Å². The summed E-state index contributed by atoms with van der Waals surface area (Å²) in [6.45, 7) is 3.30. The molecule has 0 radical (unpaired) electrons. The maximum absolute atomic E-state index is 12.7. The third-order valence-electron chi connectivity index (χ3n) is 4.58. The molecule has 0 aliphatic carbocycles. The number of aromatic nitrogens is 2. The fraction of sp³-hybridized carbons (Fsp3) is 0.588. The molecule has 28 heavy (non-hydrogen) atoms. The van der Waals surface area contributed by atoms with Gasteiger partial charge in [-0.05, 0) is 26.7 Å². The molecular weight excluding hydrogens is 368 g/mol. The molecule has 0 bridgehead atoms. The van der Waals surface area contributed by atoms with E-state index >= 15 is 0 Å². The third kappa shape index (κ3) is 5.28. The summed E-state index contributed by atoms with van der Waals surface area (Å²) in [7, 11) is 0. The molecule has 1 fully saturated rings. The largest absolute Gasteiger partial charge is 0.480 e. The van der Waals surface area contributed by atoms with Gasteiger partial charge in [-0.25, -0.2) is 9.78 Å². The van der Waals surface area contributed by atoms with Crippen LogP contribution in [-0.2, 0) is 25.6 Å². The highest BCUT2D eigenvalue weighted by molar-refractivity contribution is 5.94. The molecule has 1 aliphatic heterocycles. The van der Waals surface area contributed by atoms with Crippen molar-refractivity contribution in [3.8, 4) is 0 Å². The van der Waals surface area contributed by atoms with Crippen LogP contribution < -0.4 is 16.4 Å². The average molecular weight is 394 g/mol. The number of carboxylic acids is 1. The van der Waals surface area contributed by atoms with Crippen molar-refractivity contribution in [2.45, 2.75) is 57.3 Å². The van der Waals surface area contributed by atoms with Crippen LogP contribution in [0.5, 0.6) is 0 Å². The number of carbonyl (C=O) groups is 4. The number of aromatic amines is 1. The lowest BCUT2D eigenvalue weighted by Gasteiger charge is -2.27. The highest BCUT2D eigenvalue weighted by Gasteiger charge is 2.36. The molecule has 4 unspecified atom stereocenters. The zero-order chi connectivity index (χ0) is 20.8. The van der Waals surface area contributed by atoms with E-state index in [1.165, 1.54) is 31.3 Å². The molecule has 2 heterocycles. The molecule has 1 aromatic rings. The number of rotatable bonds is 8. The van der Waals surface area contributed by atoms with E-state index < -0.39 is 47.9 Å². The summed E-state index contributed by atoms with van der Waals surface area (Å²) in [6.07, 6.45) is 4.08. The Kier molecular flexibility index (Phi) is 7.10. The van der Waals surface area contributed by atoms with Crippen LogP contribution in [0.4, 0.5) is 0 Å². The van der Waals surface area contributed by atoms with Gasteiger partial charge in [0.1, 0.15) is 18.1 Å². The number of carbonyl (C=O) groups excluding carboxylic acids is 3. The van der Waals surface area contributed by atoms with Gasteiger partial charge in [0, 0.05) is 24.9 Å². The Bertz CT molecular complexity index is 720. The fourth-order valence-electron chi connectivity index (χ4n) is 3.04. The van der Waals surface area contributed by atoms with E-state index in [-0.39, 0.29) is 6.42 Å². The maximum atomic E-state index is 12.7. The van der Waals surface area contributed by atoms with Crippen molar-refractivity contribution in [1.82, 2.24) is 25.5 Å². The molecule has 6 N–H and O–H groups in total. The SMILES string of the molecule is CC(N)C(=O)NC(Cc1cnc[nH]1)C(=O)NC(C)C(=O)N1CCCC1C(=O)O. The van der Waals surface area contributed by atoms with Crippen molar-refractivity contribution in [2.24, 2.45) is 5.73 Å². The molecule has 11 nitrogen and oxygen atoms in total. The van der Waals surface area contributed by atoms with Crippen molar-refractivity contribution >= 4 is 23.7 Å². The van der Waals surface area contributed by atoms with Crippen LogP contribution in [0, 0.1) is 0 Å². The van der Waals surface area contributed by atoms with Crippen LogP contribution in [0.15, 0.2) is 12.5 Å². The van der Waals surface area contributed by atoms with Crippen LogP contribution in [0.3, 0.4) is 0 Å². The van der Waals surface area contributed by atoms with Crippen LogP contribution in [-0.4, -0.2) is 74.4 Å². The third-order valence-corrected chi connectivity index (χ3v) is 4.58. The van der Waals surface area contributed by atoms with Gasteiger partial charge >= 0.3 is 5.97 Å². The van der Waals surface area contributed by atoms with Gasteiger partial charge in [0.05, 0.1) is 12.4 Å². The number of nitrogens with zero attached hydrogens (tertiary/aromatic N) is 2. The predicted octanol–water partition coefficient (Wildman–Crippen LogP) is -1.64. The van der Waals surface area contributed by atoms with Crippen molar-refractivity contribution in [2.75, 3.05) is 6.54 Å². The molecule has 1 aromatic heterocycles. The van der Waals surface area contributed by atoms with Gasteiger partial charge in [0.2, 0.25) is 17.7 Å². The number of imidazole rings is 1. The summed E-state index contributed by atoms with van der Waals surface area (Å²) >= 11 is 0. The van der Waals surface area contributed by atoms with Crippen LogP contribution in [0.25, 0.3) is 0 Å². The van der Waals surface area contributed by atoms with E-state index in [9.17, 15) is 24.3 Å². The van der Waals surface area contributed by atoms with Crippen molar-refractivity contribution in [3.05, 3.63) is 18.2 Å². The van der Waals surface area contributed by atoms with Gasteiger partial charge in [0.15, 0.2) is 0 Å². The number of carboxylic acid groups (broad SMARTS) is 1. The lowest BCUT2D eigenvalue weighted by molar-refractivity contribution is -0.149. The Balaban J connectivity index is 2.05. The summed E-state index contributed by atoms with van der Waals surface area (Å²) in [4.78, 5) is 56.5. The Morgan fingerprint density at radius 1 is 1.32 bits per heavy atom. The van der Waals surface area contributed by atoms with Gasteiger partial charge in [-0.15, -0.1) is 0 Å². The second-order valence-electron chi connectivity index (χ2n) is 6.89. The average Bonchev–Trinajstić information content (AvgIpc) is 3.31. The number of nitrogens with one attached hydrogen (secondary N) is 3. The van der Waals surface area contributed by atoms with Gasteiger partial charge < -0.3 is 31.4 Å². The molecule has 1 aliphatic rings. The van der Waals surface area contributed by atoms with Crippen molar-refractivity contribution in [1.29, 1.82) is 0 Å². The number of H-pyrrole nitrogens is 1. The number of hydrogen-bond acceptors (Lipinski definition) is 6. The van der Waals surface area contributed by atoms with Crippen LogP contribution in [0.1, 0.15) is 32.4 Å². The number of hydrogen-bond donors (Lipinski definition) is 5. The van der Waals surface area contributed by atoms with E-state index in [2.05, 4.69) is 20.6 Å². The first-order valence-corrected chi connectivity index (χ1v) is 9.07. The summed E-state index contributed by atoms with van der Waals surface area (Å²) in [5.41, 5.74) is 6.17. The quantitative estimate of drug-likeness (QED) is 0.352. The Morgan fingerprint density at radius 2 is 2.04 bits per heavy atom. The van der Waals surface area contributed by atoms with Gasteiger partial charge in [-0.3, -0.25) is 14.4 Å². The van der Waals surface area contributed by atoms with E-state index in [1.54, 1.807) is 0 Å². The minimum Gasteiger partial charge on any atom is -0.480 e. The molecule has 0 aromatic carbocycles. The molecular formula is C17H26N6O5. The second kappa shape index (κ2) is 9.31. The summed E-state index contributed by atoms with van der Waals surface area (Å²) < 4.78 is 0. The van der Waals surface area contributed by atoms with Crippen molar-refractivity contribution in [3.63, 3.8) is 0 Å². The molecule has 1 saturated heterocycles. The summed E-state index contributed by atoms with van der Waals surface area (Å²) in [5, 5.41) is 14.3. The predicted molar refractivity (Wildman–Crippen MR) is 97.8 cm³/mol. The Morgan fingerprint density at radius 3 is 2.61 bits per heavy atom. The highest BCUT2D eigenvalue weighted by atomic mass is 16.4. The number of aliphatic carboxylic acids is 1. The number of nitrogens with two attached hydrogens (primary N) is 1. The minimum absolute atomic E-state index is 0.132.